The Kier molecular flexibility index (Phi) is 5.81. The van der Waals surface area contributed by atoms with Crippen LogP contribution in [0.15, 0.2) is 79.4 Å². The highest BCUT2D eigenvalue weighted by molar-refractivity contribution is 5.94. The number of benzene rings is 2. The minimum absolute atomic E-state index is 0.104. The van der Waals surface area contributed by atoms with Gasteiger partial charge in [-0.1, -0.05) is 24.3 Å². The van der Waals surface area contributed by atoms with Crippen molar-refractivity contribution in [2.75, 3.05) is 6.54 Å². The van der Waals surface area contributed by atoms with Crippen LogP contribution in [0.5, 0.6) is 5.75 Å². The zero-order valence-corrected chi connectivity index (χ0v) is 16.0. The van der Waals surface area contributed by atoms with E-state index in [1.807, 2.05) is 48.8 Å². The number of fused-ring (bicyclic) bond motifs is 1. The number of aryl methyl sites for hydroxylation is 1. The second kappa shape index (κ2) is 9.01. The van der Waals surface area contributed by atoms with E-state index in [4.69, 9.17) is 4.74 Å². The summed E-state index contributed by atoms with van der Waals surface area (Å²) < 4.78 is 7.87. The number of aromatic nitrogens is 3. The molecule has 2 aromatic heterocycles. The molecule has 0 spiro atoms. The third-order valence-corrected chi connectivity index (χ3v) is 4.61. The van der Waals surface area contributed by atoms with Gasteiger partial charge in [0, 0.05) is 36.6 Å². The smallest absolute Gasteiger partial charge is 0.251 e. The van der Waals surface area contributed by atoms with Crippen molar-refractivity contribution in [2.24, 2.45) is 0 Å². The molecule has 4 rings (SSSR count). The second-order valence-corrected chi connectivity index (χ2v) is 6.71. The number of imidazole rings is 1. The molecular formula is C23H22N4O2. The van der Waals surface area contributed by atoms with Gasteiger partial charge in [-0.25, -0.2) is 4.98 Å². The number of pyridine rings is 1. The van der Waals surface area contributed by atoms with Crippen molar-refractivity contribution in [3.63, 3.8) is 0 Å². The fraction of sp³-hybridized carbons (Fsp3) is 0.174. The van der Waals surface area contributed by atoms with Gasteiger partial charge in [0.15, 0.2) is 0 Å². The monoisotopic (exact) mass is 386 g/mol. The summed E-state index contributed by atoms with van der Waals surface area (Å²) >= 11 is 0. The molecular weight excluding hydrogens is 364 g/mol. The van der Waals surface area contributed by atoms with Gasteiger partial charge in [0.25, 0.3) is 5.91 Å². The summed E-state index contributed by atoms with van der Waals surface area (Å²) in [6.07, 6.45) is 6.16. The number of amides is 1. The zero-order valence-electron chi connectivity index (χ0n) is 16.0. The molecule has 0 aliphatic heterocycles. The van der Waals surface area contributed by atoms with Gasteiger partial charge in [0.1, 0.15) is 12.4 Å². The van der Waals surface area contributed by atoms with Gasteiger partial charge in [-0.05, 0) is 42.8 Å². The minimum atomic E-state index is -0.104. The van der Waals surface area contributed by atoms with Crippen LogP contribution in [-0.2, 0) is 13.2 Å². The van der Waals surface area contributed by atoms with Gasteiger partial charge in [0.05, 0.1) is 17.4 Å². The highest BCUT2D eigenvalue weighted by atomic mass is 16.5. The van der Waals surface area contributed by atoms with Crippen LogP contribution in [-0.4, -0.2) is 27.0 Å². The molecule has 2 aromatic carbocycles. The lowest BCUT2D eigenvalue weighted by Crippen LogP contribution is -2.25. The fourth-order valence-corrected chi connectivity index (χ4v) is 3.12. The van der Waals surface area contributed by atoms with Crippen molar-refractivity contribution in [1.29, 1.82) is 0 Å². The van der Waals surface area contributed by atoms with Crippen molar-refractivity contribution < 1.29 is 9.53 Å². The summed E-state index contributed by atoms with van der Waals surface area (Å²) in [5.41, 5.74) is 3.66. The number of carbonyl (C=O) groups is 1. The standard InChI is InChI=1S/C23H22N4O2/c28-23(25-12-5-13-27-17-26-21-9-1-2-10-22(21)27)19-7-3-8-20(14-19)29-16-18-6-4-11-24-15-18/h1-4,6-11,14-15,17H,5,12-13,16H2,(H,25,28). The van der Waals surface area contributed by atoms with Crippen molar-refractivity contribution in [1.82, 2.24) is 19.9 Å². The number of hydrogen-bond acceptors (Lipinski definition) is 4. The van der Waals surface area contributed by atoms with Gasteiger partial charge in [-0.2, -0.15) is 0 Å². The fourth-order valence-electron chi connectivity index (χ4n) is 3.12. The van der Waals surface area contributed by atoms with Gasteiger partial charge in [-0.15, -0.1) is 0 Å². The molecule has 0 bridgehead atoms. The van der Waals surface area contributed by atoms with E-state index in [1.165, 1.54) is 0 Å². The lowest BCUT2D eigenvalue weighted by molar-refractivity contribution is 0.0952. The first-order valence-electron chi connectivity index (χ1n) is 9.59. The van der Waals surface area contributed by atoms with Crippen LogP contribution in [0.4, 0.5) is 0 Å². The van der Waals surface area contributed by atoms with Crippen LogP contribution >= 0.6 is 0 Å². The van der Waals surface area contributed by atoms with E-state index < -0.39 is 0 Å². The molecule has 0 radical (unpaired) electrons. The van der Waals surface area contributed by atoms with Crippen LogP contribution in [0.1, 0.15) is 22.3 Å². The quantitative estimate of drug-likeness (QED) is 0.467. The van der Waals surface area contributed by atoms with Crippen molar-refractivity contribution in [3.8, 4) is 5.75 Å². The molecule has 6 nitrogen and oxygen atoms in total. The number of carbonyl (C=O) groups excluding carboxylic acids is 1. The molecule has 1 N–H and O–H groups in total. The molecule has 0 atom stereocenters. The number of hydrogen-bond donors (Lipinski definition) is 1. The van der Waals surface area contributed by atoms with Crippen LogP contribution in [0.3, 0.4) is 0 Å². The predicted octanol–water partition coefficient (Wildman–Crippen LogP) is 3.83. The Morgan fingerprint density at radius 3 is 2.90 bits per heavy atom. The molecule has 1 amide bonds. The van der Waals surface area contributed by atoms with Gasteiger partial charge < -0.3 is 14.6 Å². The van der Waals surface area contributed by atoms with E-state index in [-0.39, 0.29) is 5.91 Å². The van der Waals surface area contributed by atoms with Crippen molar-refractivity contribution >= 4 is 16.9 Å². The molecule has 0 unspecified atom stereocenters. The van der Waals surface area contributed by atoms with E-state index in [1.54, 1.807) is 24.5 Å². The lowest BCUT2D eigenvalue weighted by Gasteiger charge is -2.09. The normalized spacial score (nSPS) is 10.8. The van der Waals surface area contributed by atoms with Crippen LogP contribution in [0, 0.1) is 0 Å². The SMILES string of the molecule is O=C(NCCCn1cnc2ccccc21)c1cccc(OCc2cccnc2)c1. The van der Waals surface area contributed by atoms with E-state index in [9.17, 15) is 4.79 Å². The van der Waals surface area contributed by atoms with Crippen LogP contribution in [0.2, 0.25) is 0 Å². The molecule has 0 fully saturated rings. The average molecular weight is 386 g/mol. The first-order chi connectivity index (χ1) is 14.3. The summed E-state index contributed by atoms with van der Waals surface area (Å²) in [5.74, 6) is 0.554. The van der Waals surface area contributed by atoms with Crippen molar-refractivity contribution in [2.45, 2.75) is 19.6 Å². The van der Waals surface area contributed by atoms with E-state index in [2.05, 4.69) is 25.9 Å². The number of para-hydroxylation sites is 2. The lowest BCUT2D eigenvalue weighted by atomic mass is 10.2. The Bertz CT molecular complexity index is 1090. The Hall–Kier alpha value is -3.67. The maximum atomic E-state index is 12.4. The Morgan fingerprint density at radius 1 is 1.07 bits per heavy atom. The Balaban J connectivity index is 1.27. The summed E-state index contributed by atoms with van der Waals surface area (Å²) in [4.78, 5) is 20.9. The molecule has 0 aliphatic carbocycles. The Labute approximate surface area is 169 Å². The summed E-state index contributed by atoms with van der Waals surface area (Å²) in [5, 5.41) is 2.97. The number of ether oxygens (including phenoxy) is 1. The number of nitrogens with one attached hydrogen (secondary N) is 1. The van der Waals surface area contributed by atoms with Gasteiger partial charge >= 0.3 is 0 Å². The third kappa shape index (κ3) is 4.79. The maximum absolute atomic E-state index is 12.4. The average Bonchev–Trinajstić information content (AvgIpc) is 3.19. The van der Waals surface area contributed by atoms with Gasteiger partial charge in [0.2, 0.25) is 0 Å². The maximum Gasteiger partial charge on any atom is 0.251 e. The van der Waals surface area contributed by atoms with E-state index in [0.717, 1.165) is 29.6 Å². The first-order valence-corrected chi connectivity index (χ1v) is 9.59. The number of rotatable bonds is 8. The molecule has 146 valence electrons. The van der Waals surface area contributed by atoms with Crippen molar-refractivity contribution in [3.05, 3.63) is 90.5 Å². The predicted molar refractivity (Wildman–Crippen MR) is 112 cm³/mol. The third-order valence-electron chi connectivity index (χ3n) is 4.61. The van der Waals surface area contributed by atoms with E-state index in [0.29, 0.717) is 24.5 Å². The zero-order chi connectivity index (χ0) is 19.9. The first kappa shape index (κ1) is 18.7. The molecule has 0 saturated heterocycles. The minimum Gasteiger partial charge on any atom is -0.489 e. The summed E-state index contributed by atoms with van der Waals surface area (Å²) in [6.45, 7) is 1.80. The number of nitrogens with zero attached hydrogens (tertiary/aromatic N) is 3. The molecule has 29 heavy (non-hydrogen) atoms. The van der Waals surface area contributed by atoms with Crippen LogP contribution < -0.4 is 10.1 Å². The van der Waals surface area contributed by atoms with Crippen LogP contribution in [0.25, 0.3) is 11.0 Å². The summed E-state index contributed by atoms with van der Waals surface area (Å²) in [6, 6.07) is 19.1. The molecule has 0 saturated carbocycles. The van der Waals surface area contributed by atoms with E-state index >= 15 is 0 Å². The largest absolute Gasteiger partial charge is 0.489 e. The summed E-state index contributed by atoms with van der Waals surface area (Å²) in [7, 11) is 0. The topological polar surface area (TPSA) is 69.0 Å². The Morgan fingerprint density at radius 2 is 2.00 bits per heavy atom. The molecule has 6 heteroatoms. The highest BCUT2D eigenvalue weighted by Gasteiger charge is 2.07. The molecule has 4 aromatic rings. The second-order valence-electron chi connectivity index (χ2n) is 6.71. The molecule has 2 heterocycles. The van der Waals surface area contributed by atoms with Gasteiger partial charge in [-0.3, -0.25) is 9.78 Å². The highest BCUT2D eigenvalue weighted by Crippen LogP contribution is 2.15. The molecule has 0 aliphatic rings.